The number of carbonyl (C=O) groups excluding carboxylic acids is 1. The fraction of sp³-hybridized carbons (Fsp3) is 0.733. The highest BCUT2D eigenvalue weighted by atomic mass is 16.4. The highest BCUT2D eigenvalue weighted by Crippen LogP contribution is 2.33. The second-order valence-corrected chi connectivity index (χ2v) is 5.98. The summed E-state index contributed by atoms with van der Waals surface area (Å²) < 4.78 is 0. The van der Waals surface area contributed by atoms with Crippen molar-refractivity contribution < 1.29 is 14.7 Å². The summed E-state index contributed by atoms with van der Waals surface area (Å²) in [6, 6.07) is 0.532. The van der Waals surface area contributed by atoms with Crippen LogP contribution >= 0.6 is 0 Å². The minimum atomic E-state index is -0.760. The minimum Gasteiger partial charge on any atom is -0.480 e. The Bertz CT molecular complexity index is 373. The monoisotopic (exact) mass is 280 g/mol. The number of amides is 1. The first-order valence-corrected chi connectivity index (χ1v) is 7.44. The fourth-order valence-electron chi connectivity index (χ4n) is 2.69. The molecule has 5 heteroatoms. The lowest BCUT2D eigenvalue weighted by atomic mass is 9.85. The van der Waals surface area contributed by atoms with Gasteiger partial charge in [-0.05, 0) is 38.0 Å². The van der Waals surface area contributed by atoms with Gasteiger partial charge in [0.15, 0.2) is 0 Å². The molecule has 2 N–H and O–H groups in total. The van der Waals surface area contributed by atoms with Crippen LogP contribution in [0.1, 0.15) is 38.5 Å². The van der Waals surface area contributed by atoms with E-state index in [0.29, 0.717) is 24.8 Å². The van der Waals surface area contributed by atoms with Crippen LogP contribution in [-0.4, -0.2) is 47.1 Å². The first kappa shape index (κ1) is 15.0. The number of carboxylic acid groups (broad SMARTS) is 1. The maximum absolute atomic E-state index is 11.6. The molecule has 0 aromatic carbocycles. The quantitative estimate of drug-likeness (QED) is 0.626. The summed E-state index contributed by atoms with van der Waals surface area (Å²) in [6.45, 7) is 4.62. The summed E-state index contributed by atoms with van der Waals surface area (Å²) in [5, 5.41) is 12.0. The Morgan fingerprint density at radius 2 is 2.05 bits per heavy atom. The molecular weight excluding hydrogens is 256 g/mol. The van der Waals surface area contributed by atoms with Crippen molar-refractivity contribution in [3.63, 3.8) is 0 Å². The number of hydrogen-bond acceptors (Lipinski definition) is 3. The molecule has 2 aliphatic rings. The molecule has 0 aromatic heterocycles. The summed E-state index contributed by atoms with van der Waals surface area (Å²) in [4.78, 5) is 24.6. The third kappa shape index (κ3) is 4.63. The molecule has 0 unspecified atom stereocenters. The SMILES string of the molecule is C=CCCC(=O)NC1CC(N(CC(=O)O)CC2CC2)C1. The van der Waals surface area contributed by atoms with E-state index in [4.69, 9.17) is 5.11 Å². The Balaban J connectivity index is 1.70. The van der Waals surface area contributed by atoms with Gasteiger partial charge in [-0.2, -0.15) is 0 Å². The van der Waals surface area contributed by atoms with Crippen molar-refractivity contribution in [3.05, 3.63) is 12.7 Å². The van der Waals surface area contributed by atoms with E-state index >= 15 is 0 Å². The Hall–Kier alpha value is -1.36. The molecule has 0 radical (unpaired) electrons. The largest absolute Gasteiger partial charge is 0.480 e. The van der Waals surface area contributed by atoms with E-state index in [1.807, 2.05) is 0 Å². The highest BCUT2D eigenvalue weighted by molar-refractivity contribution is 5.76. The van der Waals surface area contributed by atoms with Crippen LogP contribution in [0.15, 0.2) is 12.7 Å². The number of rotatable bonds is 9. The molecule has 0 atom stereocenters. The van der Waals surface area contributed by atoms with Gasteiger partial charge in [-0.3, -0.25) is 14.5 Å². The predicted octanol–water partition coefficient (Wildman–Crippen LogP) is 1.40. The fourth-order valence-corrected chi connectivity index (χ4v) is 2.69. The van der Waals surface area contributed by atoms with Crippen molar-refractivity contribution in [1.82, 2.24) is 10.2 Å². The second kappa shape index (κ2) is 6.88. The lowest BCUT2D eigenvalue weighted by molar-refractivity contribution is -0.140. The Morgan fingerprint density at radius 3 is 2.60 bits per heavy atom. The summed E-state index contributed by atoms with van der Waals surface area (Å²) in [6.07, 6.45) is 7.14. The molecule has 0 saturated heterocycles. The number of carboxylic acids is 1. The Labute approximate surface area is 120 Å². The molecule has 5 nitrogen and oxygen atoms in total. The third-order valence-electron chi connectivity index (χ3n) is 4.10. The smallest absolute Gasteiger partial charge is 0.317 e. The predicted molar refractivity (Wildman–Crippen MR) is 76.3 cm³/mol. The van der Waals surface area contributed by atoms with Crippen LogP contribution in [0.2, 0.25) is 0 Å². The molecule has 0 spiro atoms. The van der Waals surface area contributed by atoms with Crippen molar-refractivity contribution in [2.45, 2.75) is 50.6 Å². The lowest BCUT2D eigenvalue weighted by Crippen LogP contribution is -2.55. The van der Waals surface area contributed by atoms with Gasteiger partial charge >= 0.3 is 5.97 Å². The molecule has 112 valence electrons. The third-order valence-corrected chi connectivity index (χ3v) is 4.10. The van der Waals surface area contributed by atoms with Crippen molar-refractivity contribution >= 4 is 11.9 Å². The minimum absolute atomic E-state index is 0.0697. The second-order valence-electron chi connectivity index (χ2n) is 5.98. The topological polar surface area (TPSA) is 69.6 Å². The van der Waals surface area contributed by atoms with E-state index in [2.05, 4.69) is 16.8 Å². The molecule has 2 saturated carbocycles. The van der Waals surface area contributed by atoms with Crippen LogP contribution in [0.5, 0.6) is 0 Å². The van der Waals surface area contributed by atoms with Gasteiger partial charge in [0.1, 0.15) is 0 Å². The van der Waals surface area contributed by atoms with Crippen LogP contribution in [0.4, 0.5) is 0 Å². The van der Waals surface area contributed by atoms with Crippen LogP contribution in [-0.2, 0) is 9.59 Å². The Morgan fingerprint density at radius 1 is 1.35 bits per heavy atom. The van der Waals surface area contributed by atoms with Gasteiger partial charge in [0.2, 0.25) is 5.91 Å². The van der Waals surface area contributed by atoms with Crippen LogP contribution in [0.25, 0.3) is 0 Å². The summed E-state index contributed by atoms with van der Waals surface area (Å²) in [7, 11) is 0. The molecule has 0 aromatic rings. The van der Waals surface area contributed by atoms with E-state index in [-0.39, 0.29) is 18.5 Å². The average molecular weight is 280 g/mol. The van der Waals surface area contributed by atoms with Crippen LogP contribution < -0.4 is 5.32 Å². The van der Waals surface area contributed by atoms with Gasteiger partial charge in [0, 0.05) is 25.0 Å². The Kier molecular flexibility index (Phi) is 5.17. The normalized spacial score (nSPS) is 25.1. The van der Waals surface area contributed by atoms with E-state index < -0.39 is 5.97 Å². The maximum Gasteiger partial charge on any atom is 0.317 e. The molecule has 1 amide bonds. The molecule has 0 bridgehead atoms. The molecule has 2 aliphatic carbocycles. The standard InChI is InChI=1S/C15H24N2O3/c1-2-3-4-14(18)16-12-7-13(8-12)17(10-15(19)20)9-11-5-6-11/h2,11-13H,1,3-10H2,(H,16,18)(H,19,20). The van der Waals surface area contributed by atoms with E-state index in [0.717, 1.165) is 19.4 Å². The first-order valence-electron chi connectivity index (χ1n) is 7.44. The van der Waals surface area contributed by atoms with Gasteiger partial charge in [0.25, 0.3) is 0 Å². The molecule has 0 heterocycles. The van der Waals surface area contributed by atoms with Crippen molar-refractivity contribution in [2.24, 2.45) is 5.92 Å². The lowest BCUT2D eigenvalue weighted by Gasteiger charge is -2.42. The number of carbonyl (C=O) groups is 2. The number of hydrogen-bond donors (Lipinski definition) is 2. The zero-order chi connectivity index (χ0) is 14.5. The number of aliphatic carboxylic acids is 1. The maximum atomic E-state index is 11.6. The van der Waals surface area contributed by atoms with E-state index in [1.54, 1.807) is 6.08 Å². The molecule has 0 aliphatic heterocycles. The molecule has 2 rings (SSSR count). The van der Waals surface area contributed by atoms with E-state index in [9.17, 15) is 9.59 Å². The summed E-state index contributed by atoms with van der Waals surface area (Å²) in [5.74, 6) is 0.0000265. The van der Waals surface area contributed by atoms with Crippen molar-refractivity contribution in [1.29, 1.82) is 0 Å². The number of nitrogens with zero attached hydrogens (tertiary/aromatic N) is 1. The van der Waals surface area contributed by atoms with E-state index in [1.165, 1.54) is 12.8 Å². The summed E-state index contributed by atoms with van der Waals surface area (Å²) >= 11 is 0. The average Bonchev–Trinajstić information content (AvgIpc) is 3.13. The van der Waals surface area contributed by atoms with Crippen LogP contribution in [0.3, 0.4) is 0 Å². The van der Waals surface area contributed by atoms with Crippen molar-refractivity contribution in [2.75, 3.05) is 13.1 Å². The van der Waals surface area contributed by atoms with Gasteiger partial charge in [-0.15, -0.1) is 6.58 Å². The van der Waals surface area contributed by atoms with Crippen molar-refractivity contribution in [3.8, 4) is 0 Å². The van der Waals surface area contributed by atoms with Crippen LogP contribution in [0, 0.1) is 5.92 Å². The van der Waals surface area contributed by atoms with Gasteiger partial charge in [-0.1, -0.05) is 6.08 Å². The molecule has 2 fully saturated rings. The van der Waals surface area contributed by atoms with Gasteiger partial charge in [-0.25, -0.2) is 0 Å². The zero-order valence-corrected chi connectivity index (χ0v) is 11.9. The number of allylic oxidation sites excluding steroid dienone is 1. The zero-order valence-electron chi connectivity index (χ0n) is 11.9. The summed E-state index contributed by atoms with van der Waals surface area (Å²) in [5.41, 5.74) is 0. The van der Waals surface area contributed by atoms with Gasteiger partial charge in [0.05, 0.1) is 6.54 Å². The van der Waals surface area contributed by atoms with Gasteiger partial charge < -0.3 is 10.4 Å². The molecular formula is C15H24N2O3. The first-order chi connectivity index (χ1) is 9.58. The number of nitrogens with one attached hydrogen (secondary N) is 1. The molecule has 20 heavy (non-hydrogen) atoms. The highest BCUT2D eigenvalue weighted by Gasteiger charge is 2.37.